The molecule has 1 aromatic carbocycles. The van der Waals surface area contributed by atoms with Gasteiger partial charge in [0.2, 0.25) is 11.8 Å². The van der Waals surface area contributed by atoms with E-state index in [9.17, 15) is 9.67 Å². The predicted molar refractivity (Wildman–Crippen MR) is 107 cm³/mol. The predicted octanol–water partition coefficient (Wildman–Crippen LogP) is 4.32. The maximum Gasteiger partial charge on any atom is 0.363 e. The van der Waals surface area contributed by atoms with Crippen LogP contribution in [0.25, 0.3) is 0 Å². The number of para-hydroxylation sites is 1. The van der Waals surface area contributed by atoms with Crippen LogP contribution in [0.15, 0.2) is 30.3 Å². The number of hydrogen-bond acceptors (Lipinski definition) is 9. The summed E-state index contributed by atoms with van der Waals surface area (Å²) in [6, 6.07) is 8.00. The van der Waals surface area contributed by atoms with Gasteiger partial charge in [0.15, 0.2) is 5.85 Å². The summed E-state index contributed by atoms with van der Waals surface area (Å²) in [5.74, 6) is -0.846. The van der Waals surface area contributed by atoms with E-state index < -0.39 is 13.4 Å². The van der Waals surface area contributed by atoms with Gasteiger partial charge in [0.05, 0.1) is 33.5 Å². The van der Waals surface area contributed by atoms with Crippen molar-refractivity contribution in [3.8, 4) is 23.5 Å². The molecule has 0 aliphatic heterocycles. The third kappa shape index (κ3) is 6.14. The molecular weight excluding hydrogens is 399 g/mol. The molecule has 10 heteroatoms. The first-order valence-electron chi connectivity index (χ1n) is 9.28. The van der Waals surface area contributed by atoms with Crippen LogP contribution in [0.4, 0.5) is 0 Å². The molecule has 0 aliphatic carbocycles. The third-order valence-electron chi connectivity index (χ3n) is 3.73. The topological polar surface area (TPSA) is 109 Å². The van der Waals surface area contributed by atoms with Crippen molar-refractivity contribution in [1.29, 1.82) is 0 Å². The second-order valence-electron chi connectivity index (χ2n) is 5.96. The molecule has 9 nitrogen and oxygen atoms in total. The molecule has 1 unspecified atom stereocenters. The van der Waals surface area contributed by atoms with Crippen molar-refractivity contribution in [3.63, 3.8) is 0 Å². The first kappa shape index (κ1) is 23.1. The molecule has 1 atom stereocenters. The van der Waals surface area contributed by atoms with Gasteiger partial charge < -0.3 is 28.4 Å². The van der Waals surface area contributed by atoms with E-state index in [0.29, 0.717) is 12.8 Å². The minimum absolute atomic E-state index is 0.0559. The van der Waals surface area contributed by atoms with Gasteiger partial charge in [-0.2, -0.15) is 9.97 Å². The largest absolute Gasteiger partial charge is 0.481 e. The first-order chi connectivity index (χ1) is 14.0. The summed E-state index contributed by atoms with van der Waals surface area (Å²) in [7, 11) is -0.934. The van der Waals surface area contributed by atoms with E-state index in [4.69, 9.17) is 23.3 Å². The Morgan fingerprint density at radius 2 is 1.55 bits per heavy atom. The smallest absolute Gasteiger partial charge is 0.363 e. The van der Waals surface area contributed by atoms with Crippen molar-refractivity contribution in [2.45, 2.75) is 32.5 Å². The number of aromatic nitrogens is 2. The number of benzene rings is 1. The summed E-state index contributed by atoms with van der Waals surface area (Å²) >= 11 is 0. The number of nitrogens with zero attached hydrogens (tertiary/aromatic N) is 2. The Bertz CT molecular complexity index is 800. The standard InChI is InChI=1S/C19H27N2O7P/c1-5-11-26-29(23,27-12-6-2)18(22)14-9-7-8-10-15(14)28-19-20-16(24-3)13-17(21-19)25-4/h7-10,13,18,22H,5-6,11-12H2,1-4H3. The van der Waals surface area contributed by atoms with E-state index in [1.807, 2.05) is 13.8 Å². The van der Waals surface area contributed by atoms with Gasteiger partial charge >= 0.3 is 13.6 Å². The van der Waals surface area contributed by atoms with Crippen molar-refractivity contribution in [3.05, 3.63) is 35.9 Å². The van der Waals surface area contributed by atoms with Gasteiger partial charge in [-0.1, -0.05) is 32.0 Å². The molecule has 0 radical (unpaired) electrons. The number of aliphatic hydroxyl groups is 1. The van der Waals surface area contributed by atoms with Crippen LogP contribution in [0, 0.1) is 0 Å². The van der Waals surface area contributed by atoms with Crippen molar-refractivity contribution in [2.24, 2.45) is 0 Å². The highest BCUT2D eigenvalue weighted by Crippen LogP contribution is 2.61. The van der Waals surface area contributed by atoms with E-state index >= 15 is 0 Å². The fourth-order valence-electron chi connectivity index (χ4n) is 2.31. The van der Waals surface area contributed by atoms with Crippen LogP contribution in [-0.2, 0) is 13.6 Å². The minimum atomic E-state index is -3.84. The Hall–Kier alpha value is -2.19. The molecule has 29 heavy (non-hydrogen) atoms. The van der Waals surface area contributed by atoms with Crippen LogP contribution in [0.1, 0.15) is 38.1 Å². The summed E-state index contributed by atoms with van der Waals surface area (Å²) in [6.45, 7) is 4.14. The van der Waals surface area contributed by atoms with Gasteiger partial charge in [-0.3, -0.25) is 4.57 Å². The molecule has 0 saturated carbocycles. The van der Waals surface area contributed by atoms with Gasteiger partial charge in [0.25, 0.3) is 0 Å². The van der Waals surface area contributed by atoms with Gasteiger partial charge in [-0.25, -0.2) is 0 Å². The molecular formula is C19H27N2O7P. The molecule has 0 saturated heterocycles. The van der Waals surface area contributed by atoms with Crippen LogP contribution in [0.3, 0.4) is 0 Å². The van der Waals surface area contributed by atoms with E-state index in [2.05, 4.69) is 9.97 Å². The Kier molecular flexibility index (Phi) is 8.85. The highest BCUT2D eigenvalue weighted by atomic mass is 31.2. The maximum absolute atomic E-state index is 13.2. The molecule has 0 spiro atoms. The summed E-state index contributed by atoms with van der Waals surface area (Å²) in [4.78, 5) is 8.22. The Morgan fingerprint density at radius 3 is 2.07 bits per heavy atom. The highest BCUT2D eigenvalue weighted by Gasteiger charge is 2.37. The van der Waals surface area contributed by atoms with Gasteiger partial charge in [-0.15, -0.1) is 0 Å². The summed E-state index contributed by atoms with van der Waals surface area (Å²) in [5.41, 5.74) is 0.230. The first-order valence-corrected chi connectivity index (χ1v) is 10.9. The molecule has 0 bridgehead atoms. The van der Waals surface area contributed by atoms with E-state index in [1.165, 1.54) is 20.3 Å². The number of hydrogen-bond donors (Lipinski definition) is 1. The van der Waals surface area contributed by atoms with Gasteiger partial charge in [0, 0.05) is 5.56 Å². The zero-order chi connectivity index (χ0) is 21.3. The SMILES string of the molecule is CCCOP(=O)(OCCC)C(O)c1ccccc1Oc1nc(OC)cc(OC)n1. The normalized spacial score (nSPS) is 12.4. The van der Waals surface area contributed by atoms with Crippen LogP contribution < -0.4 is 14.2 Å². The summed E-state index contributed by atoms with van der Waals surface area (Å²) in [6.07, 6.45) is 1.25. The lowest BCUT2D eigenvalue weighted by Crippen LogP contribution is -2.09. The lowest BCUT2D eigenvalue weighted by Gasteiger charge is -2.24. The lowest BCUT2D eigenvalue weighted by atomic mass is 10.2. The molecule has 1 heterocycles. The molecule has 1 N–H and O–H groups in total. The van der Waals surface area contributed by atoms with Crippen molar-refractivity contribution >= 4 is 7.60 Å². The highest BCUT2D eigenvalue weighted by molar-refractivity contribution is 7.54. The molecule has 1 aromatic heterocycles. The summed E-state index contributed by atoms with van der Waals surface area (Å²) in [5, 5.41) is 10.9. The van der Waals surface area contributed by atoms with Crippen LogP contribution in [0.2, 0.25) is 0 Å². The Labute approximate surface area is 170 Å². The van der Waals surface area contributed by atoms with Crippen molar-refractivity contribution < 1.29 is 32.9 Å². The molecule has 0 aliphatic rings. The van der Waals surface area contributed by atoms with Crippen molar-refractivity contribution in [2.75, 3.05) is 27.4 Å². The fraction of sp³-hybridized carbons (Fsp3) is 0.474. The maximum atomic E-state index is 13.2. The molecule has 0 fully saturated rings. The van der Waals surface area contributed by atoms with Crippen LogP contribution in [0.5, 0.6) is 23.5 Å². The van der Waals surface area contributed by atoms with E-state index in [1.54, 1.807) is 24.3 Å². The minimum Gasteiger partial charge on any atom is -0.481 e. The Morgan fingerprint density at radius 1 is 1.00 bits per heavy atom. The van der Waals surface area contributed by atoms with Crippen LogP contribution >= 0.6 is 7.60 Å². The quantitative estimate of drug-likeness (QED) is 0.496. The second-order valence-corrected chi connectivity index (χ2v) is 8.04. The molecule has 2 aromatic rings. The number of methoxy groups -OCH3 is 2. The van der Waals surface area contributed by atoms with Gasteiger partial charge in [-0.05, 0) is 18.9 Å². The number of ether oxygens (including phenoxy) is 3. The monoisotopic (exact) mass is 426 g/mol. The second kappa shape index (κ2) is 11.1. The zero-order valence-electron chi connectivity index (χ0n) is 17.0. The third-order valence-corrected chi connectivity index (χ3v) is 5.69. The number of aliphatic hydroxyl groups excluding tert-OH is 1. The van der Waals surface area contributed by atoms with E-state index in [0.717, 1.165) is 0 Å². The average Bonchev–Trinajstić information content (AvgIpc) is 2.75. The van der Waals surface area contributed by atoms with E-state index in [-0.39, 0.29) is 42.3 Å². The van der Waals surface area contributed by atoms with Gasteiger partial charge in [0.1, 0.15) is 5.75 Å². The Balaban J connectivity index is 2.37. The lowest BCUT2D eigenvalue weighted by molar-refractivity contribution is 0.140. The molecule has 160 valence electrons. The number of rotatable bonds is 12. The molecule has 0 amide bonds. The summed E-state index contributed by atoms with van der Waals surface area (Å²) < 4.78 is 40.0. The average molecular weight is 426 g/mol. The van der Waals surface area contributed by atoms with Crippen LogP contribution in [-0.4, -0.2) is 42.5 Å². The molecule has 2 rings (SSSR count). The van der Waals surface area contributed by atoms with Crippen molar-refractivity contribution in [1.82, 2.24) is 9.97 Å². The fourth-order valence-corrected chi connectivity index (χ4v) is 4.09. The zero-order valence-corrected chi connectivity index (χ0v) is 17.9.